The van der Waals surface area contributed by atoms with Gasteiger partial charge in [-0.3, -0.25) is 19.2 Å². The first kappa shape index (κ1) is 36.4. The Morgan fingerprint density at radius 2 is 1.67 bits per heavy atom. The van der Waals surface area contributed by atoms with Crippen LogP contribution in [0.2, 0.25) is 0 Å². The van der Waals surface area contributed by atoms with Gasteiger partial charge in [-0.2, -0.15) is 0 Å². The molecule has 4 fully saturated rings. The number of amides is 5. The molecule has 2 N–H and O–H groups in total. The summed E-state index contributed by atoms with van der Waals surface area (Å²) in [7, 11) is 0. The van der Waals surface area contributed by atoms with Gasteiger partial charge in [0.25, 0.3) is 11.8 Å². The van der Waals surface area contributed by atoms with E-state index < -0.39 is 18.0 Å². The second kappa shape index (κ2) is 16.7. The van der Waals surface area contributed by atoms with Crippen LogP contribution in [0.15, 0.2) is 24.3 Å². The molecule has 2 unspecified atom stereocenters. The molecular weight excluding hydrogens is 652 g/mol. The van der Waals surface area contributed by atoms with Crippen LogP contribution in [0.3, 0.4) is 0 Å². The van der Waals surface area contributed by atoms with E-state index in [0.717, 1.165) is 63.4 Å². The predicted octanol–water partition coefficient (Wildman–Crippen LogP) is 3.95. The average molecular weight is 705 g/mol. The maximum absolute atomic E-state index is 13.9. The van der Waals surface area contributed by atoms with Gasteiger partial charge in [-0.25, -0.2) is 9.78 Å². The van der Waals surface area contributed by atoms with Crippen LogP contribution in [-0.2, 0) is 19.1 Å². The largest absolute Gasteiger partial charge is 0.483 e. The molecule has 0 radical (unpaired) electrons. The predicted molar refractivity (Wildman–Crippen MR) is 190 cm³/mol. The van der Waals surface area contributed by atoms with E-state index in [1.165, 1.54) is 6.07 Å². The van der Waals surface area contributed by atoms with Gasteiger partial charge in [-0.05, 0) is 75.5 Å². The quantitative estimate of drug-likeness (QED) is 0.298. The molecular formula is C38H52N6O7. The highest BCUT2D eigenvalue weighted by molar-refractivity contribution is 5.99. The number of rotatable bonds is 13. The first-order valence-electron chi connectivity index (χ1n) is 18.9. The number of likely N-dealkylation sites (tertiary alicyclic amines) is 1. The number of carbonyl (C=O) groups excluding carboxylic acids is 5. The third-order valence-electron chi connectivity index (χ3n) is 10.8. The fourth-order valence-corrected chi connectivity index (χ4v) is 7.19. The first-order chi connectivity index (χ1) is 24.7. The molecule has 2 aromatic rings. The molecule has 3 heterocycles. The first-order valence-corrected chi connectivity index (χ1v) is 18.9. The van der Waals surface area contributed by atoms with Crippen LogP contribution in [0.4, 0.5) is 4.79 Å². The summed E-state index contributed by atoms with van der Waals surface area (Å²) in [5.74, 6) is -0.391. The summed E-state index contributed by atoms with van der Waals surface area (Å²) < 4.78 is 11.5. The number of hydrogen-bond acceptors (Lipinski definition) is 8. The molecule has 2 aliphatic heterocycles. The van der Waals surface area contributed by atoms with E-state index in [4.69, 9.17) is 9.47 Å². The van der Waals surface area contributed by atoms with Crippen LogP contribution in [0.25, 0.3) is 10.9 Å². The van der Waals surface area contributed by atoms with Crippen molar-refractivity contribution in [2.45, 2.75) is 103 Å². The molecule has 0 bridgehead atoms. The molecule has 1 aromatic carbocycles. The maximum atomic E-state index is 13.9. The van der Waals surface area contributed by atoms with Gasteiger partial charge in [0.1, 0.15) is 23.5 Å². The summed E-state index contributed by atoms with van der Waals surface area (Å²) in [6, 6.07) is 6.09. The summed E-state index contributed by atoms with van der Waals surface area (Å²) in [6.45, 7) is 6.01. The van der Waals surface area contributed by atoms with Crippen molar-refractivity contribution in [2.24, 2.45) is 5.92 Å². The van der Waals surface area contributed by atoms with Crippen LogP contribution < -0.4 is 15.4 Å². The smallest absolute Gasteiger partial charge is 0.409 e. The monoisotopic (exact) mass is 704 g/mol. The molecule has 2 aliphatic carbocycles. The van der Waals surface area contributed by atoms with E-state index in [9.17, 15) is 24.0 Å². The molecule has 51 heavy (non-hydrogen) atoms. The molecule has 13 nitrogen and oxygen atoms in total. The molecule has 2 saturated heterocycles. The highest BCUT2D eigenvalue weighted by atomic mass is 16.6. The molecule has 13 heteroatoms. The fraction of sp³-hybridized carbons (Fsp3) is 0.632. The fourth-order valence-electron chi connectivity index (χ4n) is 7.19. The molecule has 6 rings (SSSR count). The van der Waals surface area contributed by atoms with Crippen molar-refractivity contribution >= 4 is 40.6 Å². The number of aromatic nitrogens is 1. The molecule has 276 valence electrons. The molecule has 2 saturated carbocycles. The summed E-state index contributed by atoms with van der Waals surface area (Å²) in [5, 5.41) is 6.71. The van der Waals surface area contributed by atoms with Crippen molar-refractivity contribution in [3.8, 4) is 5.75 Å². The zero-order valence-electron chi connectivity index (χ0n) is 30.0. The Morgan fingerprint density at radius 3 is 2.35 bits per heavy atom. The van der Waals surface area contributed by atoms with Crippen molar-refractivity contribution in [3.05, 3.63) is 35.5 Å². The number of piperazine rings is 1. The van der Waals surface area contributed by atoms with Crippen molar-refractivity contribution < 1.29 is 33.4 Å². The minimum atomic E-state index is -0.745. The lowest BCUT2D eigenvalue weighted by molar-refractivity contribution is -0.140. The van der Waals surface area contributed by atoms with Gasteiger partial charge in [0.15, 0.2) is 6.61 Å². The van der Waals surface area contributed by atoms with E-state index >= 15 is 0 Å². The third kappa shape index (κ3) is 8.91. The zero-order valence-corrected chi connectivity index (χ0v) is 30.0. The zero-order chi connectivity index (χ0) is 35.9. The number of nitrogens with zero attached hydrogens (tertiary/aromatic N) is 4. The van der Waals surface area contributed by atoms with E-state index in [1.54, 1.807) is 14.7 Å². The van der Waals surface area contributed by atoms with E-state index in [-0.39, 0.29) is 42.2 Å². The van der Waals surface area contributed by atoms with Gasteiger partial charge in [0, 0.05) is 50.2 Å². The van der Waals surface area contributed by atoms with Crippen LogP contribution in [0, 0.1) is 12.8 Å². The molecule has 1 aromatic heterocycles. The Balaban J connectivity index is 1.13. The summed E-state index contributed by atoms with van der Waals surface area (Å²) in [6.07, 6.45) is 9.47. The van der Waals surface area contributed by atoms with Crippen molar-refractivity contribution in [3.63, 3.8) is 0 Å². The topological polar surface area (TPSA) is 150 Å². The molecule has 2 atom stereocenters. The second-order valence-electron chi connectivity index (χ2n) is 14.5. The van der Waals surface area contributed by atoms with Gasteiger partial charge in [0.05, 0.1) is 12.1 Å². The lowest BCUT2D eigenvalue weighted by atomic mass is 9.80. The summed E-state index contributed by atoms with van der Waals surface area (Å²) in [5.41, 5.74) is 1.56. The van der Waals surface area contributed by atoms with Gasteiger partial charge in [0.2, 0.25) is 11.8 Å². The number of fused-ring (bicyclic) bond motifs is 1. The Hall–Kier alpha value is -4.42. The Kier molecular flexibility index (Phi) is 11.9. The highest BCUT2D eigenvalue weighted by Crippen LogP contribution is 2.32. The summed E-state index contributed by atoms with van der Waals surface area (Å²) in [4.78, 5) is 76.1. The Bertz CT molecular complexity index is 1600. The third-order valence-corrected chi connectivity index (χ3v) is 10.8. The van der Waals surface area contributed by atoms with Crippen LogP contribution in [0.1, 0.15) is 93.6 Å². The average Bonchev–Trinajstić information content (AvgIpc) is 3.59. The number of unbranched alkanes of at least 4 members (excludes halogenated alkanes) is 1. The van der Waals surface area contributed by atoms with Gasteiger partial charge >= 0.3 is 6.09 Å². The van der Waals surface area contributed by atoms with Gasteiger partial charge < -0.3 is 34.8 Å². The normalized spacial score (nSPS) is 20.0. The Labute approximate surface area is 299 Å². The number of benzene rings is 1. The van der Waals surface area contributed by atoms with Crippen molar-refractivity contribution in [2.75, 3.05) is 45.9 Å². The lowest BCUT2D eigenvalue weighted by Crippen LogP contribution is -2.56. The minimum absolute atomic E-state index is 0.0838. The second-order valence-corrected chi connectivity index (χ2v) is 14.5. The number of carbonyl (C=O) groups is 5. The summed E-state index contributed by atoms with van der Waals surface area (Å²) >= 11 is 0. The highest BCUT2D eigenvalue weighted by Gasteiger charge is 2.37. The number of aryl methyl sites for hydroxylation is 1. The number of hydrogen-bond donors (Lipinski definition) is 2. The van der Waals surface area contributed by atoms with Gasteiger partial charge in [-0.1, -0.05) is 38.7 Å². The number of ether oxygens (including phenoxy) is 2. The molecule has 4 aliphatic rings. The maximum Gasteiger partial charge on any atom is 0.409 e. The van der Waals surface area contributed by atoms with Crippen molar-refractivity contribution in [1.29, 1.82) is 0 Å². The van der Waals surface area contributed by atoms with E-state index in [2.05, 4.69) is 15.6 Å². The van der Waals surface area contributed by atoms with Gasteiger partial charge in [-0.15, -0.1) is 0 Å². The molecule has 5 amide bonds. The molecule has 0 spiro atoms. The van der Waals surface area contributed by atoms with E-state index in [1.807, 2.05) is 32.0 Å². The number of nitrogens with one attached hydrogen (secondary N) is 2. The van der Waals surface area contributed by atoms with Crippen LogP contribution in [-0.4, -0.2) is 113 Å². The minimum Gasteiger partial charge on any atom is -0.483 e. The van der Waals surface area contributed by atoms with Crippen LogP contribution >= 0.6 is 0 Å². The standard InChI is InChI=1S/C38H52N6O7/c1-3-4-20-50-38(49)43-18-16-42(17-19-43)37(48)31(22-26-8-5-9-26)41-35(46)30-23-33(28-14-13-25(2)21-29(28)40-30)51-24-34(45)44-15-7-12-32(44)36(47)39-27-10-6-11-27/h13-14,21,23,26-27,31-32H,3-12,15-20,22,24H2,1-2H3,(H,39,47)(H,41,46). The van der Waals surface area contributed by atoms with E-state index in [0.29, 0.717) is 74.7 Å². The SMILES string of the molecule is CCCCOC(=O)N1CCN(C(=O)C(CC2CCC2)NC(=O)c2cc(OCC(=O)N3CCCC3C(=O)NC3CCC3)c3ccc(C)cc3n2)CC1. The lowest BCUT2D eigenvalue weighted by Gasteiger charge is -2.37. The van der Waals surface area contributed by atoms with Crippen LogP contribution in [0.5, 0.6) is 5.75 Å². The van der Waals surface area contributed by atoms with Crippen molar-refractivity contribution in [1.82, 2.24) is 30.3 Å². The Morgan fingerprint density at radius 1 is 0.922 bits per heavy atom. The number of pyridine rings is 1.